The van der Waals surface area contributed by atoms with Crippen molar-refractivity contribution in [2.75, 3.05) is 0 Å². The summed E-state index contributed by atoms with van der Waals surface area (Å²) in [5.41, 5.74) is 1.47. The molecule has 0 unspecified atom stereocenters. The molecule has 0 N–H and O–H groups in total. The summed E-state index contributed by atoms with van der Waals surface area (Å²) in [6.07, 6.45) is 1.75. The predicted molar refractivity (Wildman–Crippen MR) is 74.0 cm³/mol. The maximum absolute atomic E-state index is 12.5. The van der Waals surface area contributed by atoms with Crippen molar-refractivity contribution in [3.8, 4) is 5.88 Å². The number of hydrogen-bond acceptors (Lipinski definition) is 3. The van der Waals surface area contributed by atoms with Crippen LogP contribution in [0.5, 0.6) is 5.88 Å². The molecule has 0 saturated heterocycles. The lowest BCUT2D eigenvalue weighted by Crippen LogP contribution is -2.41. The molecule has 0 aromatic carbocycles. The highest BCUT2D eigenvalue weighted by Crippen LogP contribution is 2.32. The minimum Gasteiger partial charge on any atom is -0.422 e. The molecule has 0 bridgehead atoms. The summed E-state index contributed by atoms with van der Waals surface area (Å²) in [6.45, 7) is 13.9. The van der Waals surface area contributed by atoms with Crippen LogP contribution in [0, 0.1) is 0 Å². The zero-order valence-electron chi connectivity index (χ0n) is 12.2. The average Bonchev–Trinajstić information content (AvgIpc) is 2.26. The van der Waals surface area contributed by atoms with E-state index < -0.39 is 0 Å². The maximum atomic E-state index is 12.5. The van der Waals surface area contributed by atoms with E-state index >= 15 is 0 Å². The number of aromatic nitrogens is 1. The van der Waals surface area contributed by atoms with Gasteiger partial charge in [0.15, 0.2) is 5.88 Å². The first kappa shape index (κ1) is 13.6. The summed E-state index contributed by atoms with van der Waals surface area (Å²) < 4.78 is 5.54. The Labute approximate surface area is 114 Å². The molecule has 1 aliphatic rings. The smallest absolute Gasteiger partial charge is 0.266 e. The van der Waals surface area contributed by atoms with Crippen LogP contribution >= 0.6 is 0 Å². The highest BCUT2D eigenvalue weighted by Gasteiger charge is 2.32. The second kappa shape index (κ2) is 4.37. The lowest BCUT2D eigenvalue weighted by Gasteiger charge is -2.32. The number of amides is 1. The second-order valence-electron chi connectivity index (χ2n) is 6.09. The summed E-state index contributed by atoms with van der Waals surface area (Å²) in [4.78, 5) is 18.3. The SMILES string of the molecule is C=C1Oc2ncc(C(C)(C)C)cc2C(=O)N1C(C)C. The Kier molecular flexibility index (Phi) is 3.12. The molecule has 0 atom stereocenters. The van der Waals surface area contributed by atoms with Gasteiger partial charge in [-0.2, -0.15) is 0 Å². The Morgan fingerprint density at radius 3 is 2.53 bits per heavy atom. The van der Waals surface area contributed by atoms with E-state index in [-0.39, 0.29) is 17.4 Å². The summed E-state index contributed by atoms with van der Waals surface area (Å²) >= 11 is 0. The fraction of sp³-hybridized carbons (Fsp3) is 0.467. The Hall–Kier alpha value is -1.84. The van der Waals surface area contributed by atoms with Gasteiger partial charge >= 0.3 is 0 Å². The van der Waals surface area contributed by atoms with Gasteiger partial charge in [-0.25, -0.2) is 4.98 Å². The highest BCUT2D eigenvalue weighted by atomic mass is 16.5. The van der Waals surface area contributed by atoms with Gasteiger partial charge in [0.05, 0.1) is 0 Å². The Balaban J connectivity index is 2.51. The first-order chi connectivity index (χ1) is 8.71. The number of carbonyl (C=O) groups excluding carboxylic acids is 1. The number of hydrogen-bond donors (Lipinski definition) is 0. The van der Waals surface area contributed by atoms with Crippen molar-refractivity contribution in [1.29, 1.82) is 0 Å². The zero-order chi connectivity index (χ0) is 14.4. The molecule has 0 spiro atoms. The van der Waals surface area contributed by atoms with Crippen LogP contribution in [-0.4, -0.2) is 21.8 Å². The largest absolute Gasteiger partial charge is 0.422 e. The topological polar surface area (TPSA) is 42.4 Å². The van der Waals surface area contributed by atoms with Gasteiger partial charge in [-0.3, -0.25) is 9.69 Å². The van der Waals surface area contributed by atoms with Crippen molar-refractivity contribution < 1.29 is 9.53 Å². The van der Waals surface area contributed by atoms with Crippen molar-refractivity contribution >= 4 is 5.91 Å². The van der Waals surface area contributed by atoms with Crippen molar-refractivity contribution in [2.24, 2.45) is 0 Å². The van der Waals surface area contributed by atoms with E-state index in [1.165, 1.54) is 0 Å². The standard InChI is InChI=1S/C15H20N2O2/c1-9(2)17-10(3)19-13-12(14(17)18)7-11(8-16-13)15(4,5)6/h7-9H,3H2,1-2,4-6H3. The van der Waals surface area contributed by atoms with Crippen molar-refractivity contribution in [3.05, 3.63) is 35.9 Å². The van der Waals surface area contributed by atoms with Gasteiger partial charge in [0.1, 0.15) is 5.56 Å². The van der Waals surface area contributed by atoms with Crippen LogP contribution in [0.1, 0.15) is 50.5 Å². The van der Waals surface area contributed by atoms with E-state index in [2.05, 4.69) is 32.3 Å². The lowest BCUT2D eigenvalue weighted by molar-refractivity contribution is 0.0634. The van der Waals surface area contributed by atoms with Gasteiger partial charge in [0, 0.05) is 12.2 Å². The third-order valence-corrected chi connectivity index (χ3v) is 3.17. The molecule has 4 heteroatoms. The van der Waals surface area contributed by atoms with Crippen LogP contribution in [0.15, 0.2) is 24.7 Å². The molecule has 1 aromatic rings. The van der Waals surface area contributed by atoms with Crippen LogP contribution < -0.4 is 4.74 Å². The fourth-order valence-corrected chi connectivity index (χ4v) is 2.02. The van der Waals surface area contributed by atoms with Gasteiger partial charge in [-0.1, -0.05) is 20.8 Å². The summed E-state index contributed by atoms with van der Waals surface area (Å²) in [5, 5.41) is 0. The van der Waals surface area contributed by atoms with Gasteiger partial charge in [-0.05, 0) is 37.5 Å². The molecule has 19 heavy (non-hydrogen) atoms. The van der Waals surface area contributed by atoms with E-state index in [0.29, 0.717) is 17.3 Å². The molecule has 1 aromatic heterocycles. The highest BCUT2D eigenvalue weighted by molar-refractivity contribution is 5.98. The van der Waals surface area contributed by atoms with Crippen LogP contribution in [0.4, 0.5) is 0 Å². The third-order valence-electron chi connectivity index (χ3n) is 3.17. The van der Waals surface area contributed by atoms with E-state index in [0.717, 1.165) is 5.56 Å². The average molecular weight is 260 g/mol. The first-order valence-electron chi connectivity index (χ1n) is 6.42. The first-order valence-corrected chi connectivity index (χ1v) is 6.42. The normalized spacial score (nSPS) is 15.6. The van der Waals surface area contributed by atoms with E-state index in [9.17, 15) is 4.79 Å². The molecule has 0 radical (unpaired) electrons. The monoisotopic (exact) mass is 260 g/mol. The molecule has 0 aliphatic carbocycles. The van der Waals surface area contributed by atoms with Crippen molar-refractivity contribution in [2.45, 2.75) is 46.1 Å². The zero-order valence-corrected chi connectivity index (χ0v) is 12.2. The van der Waals surface area contributed by atoms with E-state index in [1.807, 2.05) is 19.9 Å². The number of fused-ring (bicyclic) bond motifs is 1. The molecular weight excluding hydrogens is 240 g/mol. The maximum Gasteiger partial charge on any atom is 0.266 e. The molecule has 4 nitrogen and oxygen atoms in total. The molecule has 1 amide bonds. The molecular formula is C15H20N2O2. The Morgan fingerprint density at radius 2 is 2.00 bits per heavy atom. The quantitative estimate of drug-likeness (QED) is 0.779. The lowest BCUT2D eigenvalue weighted by atomic mass is 9.87. The van der Waals surface area contributed by atoms with Crippen LogP contribution in [-0.2, 0) is 5.41 Å². The summed E-state index contributed by atoms with van der Waals surface area (Å²) in [6, 6.07) is 1.87. The molecule has 0 saturated carbocycles. The Bertz CT molecular complexity index is 542. The minimum absolute atomic E-state index is 0.00597. The minimum atomic E-state index is -0.0974. The summed E-state index contributed by atoms with van der Waals surface area (Å²) in [7, 11) is 0. The number of ether oxygens (including phenoxy) is 1. The number of rotatable bonds is 1. The fourth-order valence-electron chi connectivity index (χ4n) is 2.02. The third kappa shape index (κ3) is 2.35. The van der Waals surface area contributed by atoms with Crippen LogP contribution in [0.25, 0.3) is 0 Å². The van der Waals surface area contributed by atoms with E-state index in [4.69, 9.17) is 4.74 Å². The molecule has 102 valence electrons. The van der Waals surface area contributed by atoms with Crippen molar-refractivity contribution in [3.63, 3.8) is 0 Å². The van der Waals surface area contributed by atoms with Gasteiger partial charge in [-0.15, -0.1) is 0 Å². The molecule has 2 rings (SSSR count). The van der Waals surface area contributed by atoms with Gasteiger partial charge < -0.3 is 4.74 Å². The number of nitrogens with zero attached hydrogens (tertiary/aromatic N) is 2. The number of carbonyl (C=O) groups is 1. The molecule has 0 fully saturated rings. The van der Waals surface area contributed by atoms with Gasteiger partial charge in [0.25, 0.3) is 5.91 Å². The van der Waals surface area contributed by atoms with E-state index in [1.54, 1.807) is 11.1 Å². The van der Waals surface area contributed by atoms with Crippen LogP contribution in [0.2, 0.25) is 0 Å². The molecule has 1 aliphatic heterocycles. The number of pyridine rings is 1. The van der Waals surface area contributed by atoms with Gasteiger partial charge in [0.2, 0.25) is 5.88 Å². The van der Waals surface area contributed by atoms with Crippen LogP contribution in [0.3, 0.4) is 0 Å². The Morgan fingerprint density at radius 1 is 1.37 bits per heavy atom. The summed E-state index contributed by atoms with van der Waals surface area (Å²) in [5.74, 6) is 0.586. The molecule has 2 heterocycles. The van der Waals surface area contributed by atoms with Crippen molar-refractivity contribution in [1.82, 2.24) is 9.88 Å². The second-order valence-corrected chi connectivity index (χ2v) is 6.09. The predicted octanol–water partition coefficient (Wildman–Crippen LogP) is 3.09.